The van der Waals surface area contributed by atoms with Gasteiger partial charge in [0.05, 0.1) is 25.2 Å². The van der Waals surface area contributed by atoms with E-state index < -0.39 is 11.9 Å². The number of aryl methyl sites for hydroxylation is 1. The monoisotopic (exact) mass is 736 g/mol. The molecule has 6 heterocycles. The van der Waals surface area contributed by atoms with Crippen LogP contribution in [-0.4, -0.2) is 95.1 Å². The highest BCUT2D eigenvalue weighted by atomic mass is 16.5. The summed E-state index contributed by atoms with van der Waals surface area (Å²) in [5, 5.41) is 10.7. The number of rotatable bonds is 8. The Hall–Kier alpha value is -5.76. The standard InChI is InChI=1S/C39H42N6O6.CH2O2/c1-42-21-30(28-18-35(44-11-4-12-44)40-19-29(28)38(42)48)25-16-33(50-2)31(34(17-25)51-3)22-43-13-9-23(10-14-43)24-5-6-27-26(15-24)20-45(39(27)49)32-7-8-36(46)41-37(32)47;2-1-3/h5-6,15-19,21,23,32H,4,7-14,20,22H2,1-3H3,(H,41,46,47);1H,(H,2,3). The molecular formula is C40H44N6O8. The molecule has 1 atom stereocenters. The van der Waals surface area contributed by atoms with Gasteiger partial charge in [-0.1, -0.05) is 12.1 Å². The Labute approximate surface area is 312 Å². The third-order valence-corrected chi connectivity index (χ3v) is 11.1. The number of fused-ring (bicyclic) bond motifs is 2. The number of nitrogens with one attached hydrogen (secondary N) is 1. The lowest BCUT2D eigenvalue weighted by atomic mass is 9.87. The van der Waals surface area contributed by atoms with E-state index in [0.29, 0.717) is 36.4 Å². The van der Waals surface area contributed by atoms with E-state index in [-0.39, 0.29) is 30.3 Å². The highest BCUT2D eigenvalue weighted by Gasteiger charge is 2.39. The maximum atomic E-state index is 13.2. The minimum absolute atomic E-state index is 0.0852. The number of piperidine rings is 2. The van der Waals surface area contributed by atoms with Gasteiger partial charge < -0.3 is 28.9 Å². The summed E-state index contributed by atoms with van der Waals surface area (Å²) in [5.74, 6) is 1.87. The van der Waals surface area contributed by atoms with Gasteiger partial charge >= 0.3 is 0 Å². The molecule has 0 aliphatic carbocycles. The number of hydrogen-bond donors (Lipinski definition) is 2. The number of carbonyl (C=O) groups excluding carboxylic acids is 3. The van der Waals surface area contributed by atoms with Gasteiger partial charge in [0.2, 0.25) is 11.8 Å². The number of aromatic nitrogens is 2. The van der Waals surface area contributed by atoms with Crippen LogP contribution in [0.15, 0.2) is 53.6 Å². The van der Waals surface area contributed by atoms with Crippen LogP contribution >= 0.6 is 0 Å². The Bertz CT molecular complexity index is 2160. The van der Waals surface area contributed by atoms with Gasteiger partial charge in [-0.05, 0) is 85.6 Å². The number of carboxylic acid groups (broad SMARTS) is 1. The van der Waals surface area contributed by atoms with E-state index in [4.69, 9.17) is 19.4 Å². The molecule has 0 spiro atoms. The van der Waals surface area contributed by atoms with E-state index in [2.05, 4.69) is 32.2 Å². The lowest BCUT2D eigenvalue weighted by Gasteiger charge is -2.33. The van der Waals surface area contributed by atoms with Crippen molar-refractivity contribution < 1.29 is 33.8 Å². The van der Waals surface area contributed by atoms with Crippen LogP contribution in [0.2, 0.25) is 0 Å². The van der Waals surface area contributed by atoms with E-state index in [1.54, 1.807) is 36.9 Å². The first kappa shape index (κ1) is 36.6. The number of likely N-dealkylation sites (tertiary alicyclic amines) is 1. The van der Waals surface area contributed by atoms with E-state index in [0.717, 1.165) is 90.4 Å². The van der Waals surface area contributed by atoms with Crippen LogP contribution in [0.25, 0.3) is 21.9 Å². The Morgan fingerprint density at radius 2 is 1.63 bits per heavy atom. The Morgan fingerprint density at radius 1 is 0.926 bits per heavy atom. The number of ether oxygens (including phenoxy) is 2. The molecule has 0 radical (unpaired) electrons. The zero-order valence-electron chi connectivity index (χ0n) is 30.7. The maximum Gasteiger partial charge on any atom is 0.290 e. The van der Waals surface area contributed by atoms with E-state index in [1.807, 2.05) is 30.5 Å². The minimum atomic E-state index is -0.613. The summed E-state index contributed by atoms with van der Waals surface area (Å²) in [6.07, 6.45) is 7.24. The second-order valence-electron chi connectivity index (χ2n) is 14.2. The maximum absolute atomic E-state index is 13.2. The number of pyridine rings is 2. The summed E-state index contributed by atoms with van der Waals surface area (Å²) in [4.78, 5) is 69.6. The average Bonchev–Trinajstić information content (AvgIpc) is 3.47. The summed E-state index contributed by atoms with van der Waals surface area (Å²) < 4.78 is 13.6. The molecule has 54 heavy (non-hydrogen) atoms. The third-order valence-electron chi connectivity index (χ3n) is 11.1. The fraction of sp³-hybridized carbons (Fsp3) is 0.400. The quantitative estimate of drug-likeness (QED) is 0.201. The van der Waals surface area contributed by atoms with E-state index in [1.165, 1.54) is 5.56 Å². The largest absolute Gasteiger partial charge is 0.496 e. The molecule has 0 bridgehead atoms. The van der Waals surface area contributed by atoms with Crippen LogP contribution in [0.1, 0.15) is 65.1 Å². The first-order valence-corrected chi connectivity index (χ1v) is 18.2. The normalized spacial score (nSPS) is 18.8. The smallest absolute Gasteiger partial charge is 0.290 e. The molecule has 4 aromatic rings. The predicted molar refractivity (Wildman–Crippen MR) is 201 cm³/mol. The summed E-state index contributed by atoms with van der Waals surface area (Å²) in [6, 6.07) is 11.6. The topological polar surface area (TPSA) is 164 Å². The van der Waals surface area contributed by atoms with Gasteiger partial charge in [-0.3, -0.25) is 34.2 Å². The highest BCUT2D eigenvalue weighted by Crippen LogP contribution is 2.40. The van der Waals surface area contributed by atoms with Crippen molar-refractivity contribution in [2.75, 3.05) is 45.3 Å². The van der Waals surface area contributed by atoms with Crippen LogP contribution in [0.4, 0.5) is 5.82 Å². The summed E-state index contributed by atoms with van der Waals surface area (Å²) in [7, 11) is 5.12. The minimum Gasteiger partial charge on any atom is -0.496 e. The van der Waals surface area contributed by atoms with Gasteiger partial charge in [0.1, 0.15) is 23.4 Å². The van der Waals surface area contributed by atoms with Crippen LogP contribution in [0.5, 0.6) is 11.5 Å². The Morgan fingerprint density at radius 3 is 2.26 bits per heavy atom. The number of amides is 3. The van der Waals surface area contributed by atoms with Gasteiger partial charge in [0.25, 0.3) is 17.9 Å². The molecule has 3 fully saturated rings. The molecule has 2 aromatic heterocycles. The first-order chi connectivity index (χ1) is 26.1. The van der Waals surface area contributed by atoms with Gasteiger partial charge in [0, 0.05) is 68.6 Å². The number of hydrogen-bond acceptors (Lipinski definition) is 10. The van der Waals surface area contributed by atoms with Gasteiger partial charge in [-0.15, -0.1) is 0 Å². The average molecular weight is 737 g/mol. The number of nitrogens with zero attached hydrogens (tertiary/aromatic N) is 5. The lowest BCUT2D eigenvalue weighted by Crippen LogP contribution is -2.52. The molecule has 4 aliphatic rings. The van der Waals surface area contributed by atoms with Crippen molar-refractivity contribution in [2.24, 2.45) is 7.05 Å². The summed E-state index contributed by atoms with van der Waals surface area (Å²) in [5.41, 5.74) is 5.50. The molecule has 3 saturated heterocycles. The molecule has 2 N–H and O–H groups in total. The number of methoxy groups -OCH3 is 2. The van der Waals surface area contributed by atoms with Crippen molar-refractivity contribution in [3.63, 3.8) is 0 Å². The van der Waals surface area contributed by atoms with Crippen LogP contribution < -0.4 is 25.2 Å². The van der Waals surface area contributed by atoms with Crippen LogP contribution in [0.3, 0.4) is 0 Å². The molecule has 1 unspecified atom stereocenters. The molecule has 2 aromatic carbocycles. The molecule has 282 valence electrons. The molecule has 0 saturated carbocycles. The molecule has 3 amide bonds. The van der Waals surface area contributed by atoms with Gasteiger partial charge in [0.15, 0.2) is 0 Å². The predicted octanol–water partition coefficient (Wildman–Crippen LogP) is 3.67. The molecular weight excluding hydrogens is 692 g/mol. The first-order valence-electron chi connectivity index (χ1n) is 18.2. The van der Waals surface area contributed by atoms with Crippen molar-refractivity contribution in [3.8, 4) is 22.6 Å². The van der Waals surface area contributed by atoms with Crippen molar-refractivity contribution in [3.05, 3.63) is 81.4 Å². The summed E-state index contributed by atoms with van der Waals surface area (Å²) >= 11 is 0. The van der Waals surface area contributed by atoms with E-state index in [9.17, 15) is 19.2 Å². The number of imide groups is 1. The van der Waals surface area contributed by atoms with E-state index >= 15 is 0 Å². The number of benzene rings is 2. The van der Waals surface area contributed by atoms with Gasteiger partial charge in [-0.25, -0.2) is 4.98 Å². The fourth-order valence-corrected chi connectivity index (χ4v) is 8.09. The molecule has 4 aliphatic heterocycles. The van der Waals surface area contributed by atoms with Crippen LogP contribution in [0, 0.1) is 0 Å². The van der Waals surface area contributed by atoms with Crippen LogP contribution in [-0.2, 0) is 34.5 Å². The second-order valence-corrected chi connectivity index (χ2v) is 14.2. The molecule has 8 rings (SSSR count). The van der Waals surface area contributed by atoms with Crippen molar-refractivity contribution in [2.45, 2.75) is 57.2 Å². The number of carbonyl (C=O) groups is 4. The Kier molecular flexibility index (Phi) is 10.4. The van der Waals surface area contributed by atoms with Crippen molar-refractivity contribution >= 4 is 40.8 Å². The summed E-state index contributed by atoms with van der Waals surface area (Å²) in [6.45, 7) is 4.49. The third kappa shape index (κ3) is 6.89. The molecule has 14 nitrogen and oxygen atoms in total. The lowest BCUT2D eigenvalue weighted by molar-refractivity contribution is -0.137. The second kappa shape index (κ2) is 15.3. The zero-order valence-corrected chi connectivity index (χ0v) is 30.7. The fourth-order valence-electron chi connectivity index (χ4n) is 8.09. The molecule has 14 heteroatoms. The zero-order chi connectivity index (χ0) is 38.1. The van der Waals surface area contributed by atoms with Gasteiger partial charge in [-0.2, -0.15) is 0 Å². The van der Waals surface area contributed by atoms with Crippen molar-refractivity contribution in [1.29, 1.82) is 0 Å². The number of anilines is 1. The van der Waals surface area contributed by atoms with Crippen molar-refractivity contribution in [1.82, 2.24) is 24.7 Å². The Balaban J connectivity index is 0.00000145. The SMILES string of the molecule is COc1cc(-c2cn(C)c(=O)c3cnc(N4CCC4)cc23)cc(OC)c1CN1CCC(c2ccc3c(c2)CN(C2CCC(=O)NC2=O)C3=O)CC1.O=CO. The highest BCUT2D eigenvalue weighted by molar-refractivity contribution is 6.05.